The number of hydrogen-bond donors (Lipinski definition) is 1. The summed E-state index contributed by atoms with van der Waals surface area (Å²) in [7, 11) is 4.18. The number of nitrogens with zero attached hydrogens (tertiary/aromatic N) is 1. The zero-order chi connectivity index (χ0) is 10.3. The smallest absolute Gasteiger partial charge is 0.0207 e. The van der Waals surface area contributed by atoms with Crippen LogP contribution in [0.3, 0.4) is 0 Å². The fourth-order valence-corrected chi connectivity index (χ4v) is 1.65. The van der Waals surface area contributed by atoms with Gasteiger partial charge < -0.3 is 10.2 Å². The molecule has 78 valence electrons. The van der Waals surface area contributed by atoms with E-state index in [-0.39, 0.29) is 0 Å². The predicted octanol–water partition coefficient (Wildman–Crippen LogP) is 2.23. The van der Waals surface area contributed by atoms with Gasteiger partial charge >= 0.3 is 0 Å². The molecule has 1 N–H and O–H groups in total. The van der Waals surface area contributed by atoms with E-state index in [1.165, 1.54) is 24.2 Å². The SMILES string of the molecule is CCCN(C)C/C(C)=C(\CC)NC. The maximum absolute atomic E-state index is 3.25. The standard InChI is InChI=1S/C11H24N2/c1-6-8-13(5)9-10(3)11(7-2)12-4/h12H,6-9H2,1-5H3/b11-10+. The Balaban J connectivity index is 4.08. The van der Waals surface area contributed by atoms with E-state index < -0.39 is 0 Å². The predicted molar refractivity (Wildman–Crippen MR) is 59.8 cm³/mol. The van der Waals surface area contributed by atoms with Gasteiger partial charge in [0.1, 0.15) is 0 Å². The van der Waals surface area contributed by atoms with Crippen LogP contribution in [0.5, 0.6) is 0 Å². The van der Waals surface area contributed by atoms with Gasteiger partial charge in [-0.05, 0) is 38.9 Å². The van der Waals surface area contributed by atoms with Crippen LogP contribution >= 0.6 is 0 Å². The van der Waals surface area contributed by atoms with E-state index in [9.17, 15) is 0 Å². The van der Waals surface area contributed by atoms with E-state index in [0.29, 0.717) is 0 Å². The third kappa shape index (κ3) is 4.94. The second kappa shape index (κ2) is 6.96. The monoisotopic (exact) mass is 184 g/mol. The first-order valence-corrected chi connectivity index (χ1v) is 5.20. The molecule has 0 aliphatic heterocycles. The van der Waals surface area contributed by atoms with Crippen molar-refractivity contribution < 1.29 is 0 Å². The molecule has 0 aliphatic carbocycles. The molecule has 0 aromatic carbocycles. The molecule has 0 saturated carbocycles. The topological polar surface area (TPSA) is 15.3 Å². The van der Waals surface area contributed by atoms with Gasteiger partial charge in [-0.15, -0.1) is 0 Å². The van der Waals surface area contributed by atoms with Crippen LogP contribution in [0.25, 0.3) is 0 Å². The van der Waals surface area contributed by atoms with Crippen LogP contribution in [0.1, 0.15) is 33.6 Å². The maximum atomic E-state index is 3.25. The first kappa shape index (κ1) is 12.5. The molecule has 0 spiro atoms. The lowest BCUT2D eigenvalue weighted by atomic mass is 10.2. The highest BCUT2D eigenvalue weighted by Gasteiger charge is 2.01. The molecule has 2 heteroatoms. The van der Waals surface area contributed by atoms with Crippen LogP contribution in [-0.2, 0) is 0 Å². The summed E-state index contributed by atoms with van der Waals surface area (Å²) in [5, 5.41) is 3.25. The number of rotatable bonds is 6. The largest absolute Gasteiger partial charge is 0.391 e. The molecule has 2 nitrogen and oxygen atoms in total. The number of hydrogen-bond acceptors (Lipinski definition) is 2. The molecule has 0 aromatic heterocycles. The molecule has 0 unspecified atom stereocenters. The van der Waals surface area contributed by atoms with Gasteiger partial charge in [-0.3, -0.25) is 0 Å². The second-order valence-electron chi connectivity index (χ2n) is 3.60. The zero-order valence-electron chi connectivity index (χ0n) is 9.78. The minimum atomic E-state index is 1.08. The fourth-order valence-electron chi connectivity index (χ4n) is 1.65. The lowest BCUT2D eigenvalue weighted by Gasteiger charge is -2.18. The molecule has 0 aliphatic rings. The second-order valence-corrected chi connectivity index (χ2v) is 3.60. The summed E-state index contributed by atoms with van der Waals surface area (Å²) in [4.78, 5) is 2.36. The van der Waals surface area contributed by atoms with Crippen molar-refractivity contribution in [2.75, 3.05) is 27.2 Å². The van der Waals surface area contributed by atoms with Gasteiger partial charge in [-0.1, -0.05) is 13.8 Å². The maximum Gasteiger partial charge on any atom is 0.0207 e. The fraction of sp³-hybridized carbons (Fsp3) is 0.818. The summed E-state index contributed by atoms with van der Waals surface area (Å²) < 4.78 is 0. The van der Waals surface area contributed by atoms with Crippen molar-refractivity contribution in [1.82, 2.24) is 10.2 Å². The molecule has 0 heterocycles. The number of allylic oxidation sites excluding steroid dienone is 1. The van der Waals surface area contributed by atoms with Gasteiger partial charge in [-0.2, -0.15) is 0 Å². The Morgan fingerprint density at radius 2 is 1.92 bits per heavy atom. The quantitative estimate of drug-likeness (QED) is 0.681. The summed E-state index contributed by atoms with van der Waals surface area (Å²) in [5.74, 6) is 0. The Morgan fingerprint density at radius 1 is 1.31 bits per heavy atom. The number of likely N-dealkylation sites (N-methyl/N-ethyl adjacent to an activating group) is 1. The average molecular weight is 184 g/mol. The molecule has 0 atom stereocenters. The van der Waals surface area contributed by atoms with Crippen LogP contribution in [-0.4, -0.2) is 32.1 Å². The normalized spacial score (nSPS) is 13.1. The Hall–Kier alpha value is -0.500. The molecular formula is C11H24N2. The van der Waals surface area contributed by atoms with Gasteiger partial charge in [0, 0.05) is 19.3 Å². The highest BCUT2D eigenvalue weighted by molar-refractivity contribution is 5.10. The number of nitrogens with one attached hydrogen (secondary N) is 1. The Morgan fingerprint density at radius 3 is 2.31 bits per heavy atom. The molecular weight excluding hydrogens is 160 g/mol. The third-order valence-corrected chi connectivity index (χ3v) is 2.28. The lowest BCUT2D eigenvalue weighted by molar-refractivity contribution is 0.360. The average Bonchev–Trinajstić information content (AvgIpc) is 2.06. The Bertz CT molecular complexity index is 155. The third-order valence-electron chi connectivity index (χ3n) is 2.28. The minimum absolute atomic E-state index is 1.08. The van der Waals surface area contributed by atoms with E-state index in [2.05, 4.69) is 38.0 Å². The Kier molecular flexibility index (Phi) is 6.69. The van der Waals surface area contributed by atoms with Gasteiger partial charge in [0.15, 0.2) is 0 Å². The van der Waals surface area contributed by atoms with Crippen LogP contribution in [0.4, 0.5) is 0 Å². The van der Waals surface area contributed by atoms with Crippen LogP contribution in [0.2, 0.25) is 0 Å². The Labute approximate surface area is 83.0 Å². The van der Waals surface area contributed by atoms with Gasteiger partial charge in [0.05, 0.1) is 0 Å². The van der Waals surface area contributed by atoms with E-state index in [4.69, 9.17) is 0 Å². The summed E-state index contributed by atoms with van der Waals surface area (Å²) in [6, 6.07) is 0. The van der Waals surface area contributed by atoms with Crippen molar-refractivity contribution in [3.63, 3.8) is 0 Å². The highest BCUT2D eigenvalue weighted by Crippen LogP contribution is 2.05. The van der Waals surface area contributed by atoms with Crippen molar-refractivity contribution in [1.29, 1.82) is 0 Å². The van der Waals surface area contributed by atoms with Crippen molar-refractivity contribution in [3.8, 4) is 0 Å². The van der Waals surface area contributed by atoms with E-state index in [0.717, 1.165) is 13.0 Å². The zero-order valence-corrected chi connectivity index (χ0v) is 9.78. The molecule has 13 heavy (non-hydrogen) atoms. The first-order chi connectivity index (χ1) is 6.15. The van der Waals surface area contributed by atoms with E-state index >= 15 is 0 Å². The molecule has 0 radical (unpaired) electrons. The molecule has 0 aromatic rings. The van der Waals surface area contributed by atoms with Crippen molar-refractivity contribution in [2.45, 2.75) is 33.6 Å². The summed E-state index contributed by atoms with van der Waals surface area (Å²) in [6.07, 6.45) is 2.33. The van der Waals surface area contributed by atoms with E-state index in [1.54, 1.807) is 0 Å². The van der Waals surface area contributed by atoms with Gasteiger partial charge in [-0.25, -0.2) is 0 Å². The van der Waals surface area contributed by atoms with Gasteiger partial charge in [0.2, 0.25) is 0 Å². The molecule has 0 rings (SSSR count). The van der Waals surface area contributed by atoms with E-state index in [1.807, 2.05) is 7.05 Å². The highest BCUT2D eigenvalue weighted by atomic mass is 15.1. The minimum Gasteiger partial charge on any atom is -0.391 e. The van der Waals surface area contributed by atoms with Crippen LogP contribution in [0, 0.1) is 0 Å². The lowest BCUT2D eigenvalue weighted by Crippen LogP contribution is -2.23. The van der Waals surface area contributed by atoms with Gasteiger partial charge in [0.25, 0.3) is 0 Å². The van der Waals surface area contributed by atoms with Crippen molar-refractivity contribution in [3.05, 3.63) is 11.3 Å². The molecule has 0 amide bonds. The summed E-state index contributed by atoms with van der Waals surface area (Å²) in [6.45, 7) is 8.88. The van der Waals surface area contributed by atoms with Crippen LogP contribution in [0.15, 0.2) is 11.3 Å². The summed E-state index contributed by atoms with van der Waals surface area (Å²) in [5.41, 5.74) is 2.84. The molecule has 0 fully saturated rings. The van der Waals surface area contributed by atoms with Crippen molar-refractivity contribution in [2.24, 2.45) is 0 Å². The van der Waals surface area contributed by atoms with Crippen molar-refractivity contribution >= 4 is 0 Å². The molecule has 0 saturated heterocycles. The van der Waals surface area contributed by atoms with Crippen LogP contribution < -0.4 is 5.32 Å². The first-order valence-electron chi connectivity index (χ1n) is 5.20. The molecule has 0 bridgehead atoms. The summed E-state index contributed by atoms with van der Waals surface area (Å²) >= 11 is 0.